The first-order chi connectivity index (χ1) is 39.5. The molecule has 80 heavy (non-hydrogen) atoms. The van der Waals surface area contributed by atoms with Crippen molar-refractivity contribution >= 4 is 11.9 Å². The first-order valence-corrected chi connectivity index (χ1v) is 36.6. The predicted molar refractivity (Wildman–Crippen MR) is 352 cm³/mol. The summed E-state index contributed by atoms with van der Waals surface area (Å²) < 4.78 is 5.49. The summed E-state index contributed by atoms with van der Waals surface area (Å²) >= 11 is 0. The summed E-state index contributed by atoms with van der Waals surface area (Å²) in [6, 6.07) is -0.541. The van der Waals surface area contributed by atoms with Crippen LogP contribution in [0, 0.1) is 0 Å². The number of amides is 1. The Kier molecular flexibility index (Phi) is 68.4. The third-order valence-corrected chi connectivity index (χ3v) is 17.3. The third kappa shape index (κ3) is 65.5. The summed E-state index contributed by atoms with van der Waals surface area (Å²) in [6.07, 6.45) is 88.1. The van der Waals surface area contributed by atoms with Gasteiger partial charge in [-0.15, -0.1) is 0 Å². The average Bonchev–Trinajstić information content (AvgIpc) is 3.46. The van der Waals surface area contributed by atoms with Crippen molar-refractivity contribution in [3.63, 3.8) is 0 Å². The van der Waals surface area contributed by atoms with E-state index < -0.39 is 12.1 Å². The largest absolute Gasteiger partial charge is 0.466 e. The van der Waals surface area contributed by atoms with Crippen LogP contribution in [0.1, 0.15) is 412 Å². The lowest BCUT2D eigenvalue weighted by Gasteiger charge is -2.22. The number of nitrogens with one attached hydrogen (secondary N) is 1. The van der Waals surface area contributed by atoms with E-state index in [4.69, 9.17) is 4.74 Å². The van der Waals surface area contributed by atoms with E-state index in [2.05, 4.69) is 43.5 Å². The molecule has 0 rings (SSSR count). The van der Waals surface area contributed by atoms with Gasteiger partial charge in [-0.3, -0.25) is 9.59 Å². The zero-order valence-corrected chi connectivity index (χ0v) is 54.3. The topological polar surface area (TPSA) is 95.9 Å². The number of rotatable bonds is 69. The van der Waals surface area contributed by atoms with E-state index in [1.807, 2.05) is 0 Å². The van der Waals surface area contributed by atoms with Gasteiger partial charge < -0.3 is 20.3 Å². The van der Waals surface area contributed by atoms with Gasteiger partial charge in [0.1, 0.15) is 0 Å². The Morgan fingerprint density at radius 2 is 0.625 bits per heavy atom. The van der Waals surface area contributed by atoms with Crippen LogP contribution < -0.4 is 5.32 Å². The number of allylic oxidation sites excluding steroid dienone is 4. The van der Waals surface area contributed by atoms with Crippen LogP contribution in [0.15, 0.2) is 24.3 Å². The Balaban J connectivity index is 3.38. The van der Waals surface area contributed by atoms with E-state index in [1.165, 1.54) is 334 Å². The van der Waals surface area contributed by atoms with Gasteiger partial charge >= 0.3 is 5.97 Å². The molecule has 6 nitrogen and oxygen atoms in total. The lowest BCUT2D eigenvalue weighted by molar-refractivity contribution is -0.143. The number of aliphatic hydroxyl groups excluding tert-OH is 2. The summed E-state index contributed by atoms with van der Waals surface area (Å²) in [5.74, 6) is -0.0141. The van der Waals surface area contributed by atoms with E-state index in [-0.39, 0.29) is 18.5 Å². The molecule has 0 saturated heterocycles. The van der Waals surface area contributed by atoms with E-state index in [0.717, 1.165) is 44.9 Å². The molecule has 0 fully saturated rings. The normalized spacial score (nSPS) is 12.6. The SMILES string of the molecule is CCCCCCCCCCCCCCCCCCCCC(O)C(CO)NC(=O)CCCCCCCCCCCCCCCCC/C=C\C/C=C\CCCCCCCCCCCOC(=O)CCCCCCCCCCCCCCCC. The Morgan fingerprint density at radius 1 is 0.350 bits per heavy atom. The van der Waals surface area contributed by atoms with Gasteiger partial charge in [0.2, 0.25) is 5.91 Å². The molecule has 0 aromatic rings. The van der Waals surface area contributed by atoms with Crippen molar-refractivity contribution in [3.8, 4) is 0 Å². The van der Waals surface area contributed by atoms with Gasteiger partial charge in [-0.05, 0) is 57.8 Å². The highest BCUT2D eigenvalue weighted by atomic mass is 16.5. The number of carbonyl (C=O) groups is 2. The van der Waals surface area contributed by atoms with E-state index >= 15 is 0 Å². The van der Waals surface area contributed by atoms with Crippen molar-refractivity contribution in [3.05, 3.63) is 24.3 Å². The average molecular weight is 1130 g/mol. The molecule has 2 atom stereocenters. The highest BCUT2D eigenvalue weighted by Gasteiger charge is 2.20. The standard InChI is InChI=1S/C74H143NO5/c1-3-5-7-9-11-13-15-17-19-20-36-39-42-46-50-54-58-62-66-72(77)71(70-76)75-73(78)67-63-59-55-51-47-43-40-37-34-32-30-28-26-24-22-21-23-25-27-29-31-33-35-38-41-45-49-53-57-61-65-69-80-74(79)68-64-60-56-52-48-44-18-16-14-12-10-8-6-4-2/h23,25,29,31,71-72,76-77H,3-22,24,26-28,30,32-70H2,1-2H3,(H,75,78)/b25-23-,31-29-. The van der Waals surface area contributed by atoms with Crippen LogP contribution in [0.3, 0.4) is 0 Å². The zero-order valence-electron chi connectivity index (χ0n) is 54.3. The Morgan fingerprint density at radius 3 is 0.950 bits per heavy atom. The smallest absolute Gasteiger partial charge is 0.305 e. The van der Waals surface area contributed by atoms with Crippen LogP contribution in [0.5, 0.6) is 0 Å². The molecule has 0 heterocycles. The van der Waals surface area contributed by atoms with Crippen LogP contribution in [0.2, 0.25) is 0 Å². The second-order valence-electron chi connectivity index (χ2n) is 25.3. The van der Waals surface area contributed by atoms with E-state index in [9.17, 15) is 19.8 Å². The molecule has 0 radical (unpaired) electrons. The van der Waals surface area contributed by atoms with Gasteiger partial charge in [0.25, 0.3) is 0 Å². The van der Waals surface area contributed by atoms with Crippen LogP contribution in [0.4, 0.5) is 0 Å². The maximum absolute atomic E-state index is 12.5. The highest BCUT2D eigenvalue weighted by molar-refractivity contribution is 5.76. The van der Waals surface area contributed by atoms with Crippen molar-refractivity contribution < 1.29 is 24.5 Å². The molecular formula is C74H143NO5. The fourth-order valence-electron chi connectivity index (χ4n) is 11.7. The minimum atomic E-state index is -0.664. The van der Waals surface area contributed by atoms with Gasteiger partial charge in [-0.25, -0.2) is 0 Å². The summed E-state index contributed by atoms with van der Waals surface area (Å²) in [7, 11) is 0. The van der Waals surface area contributed by atoms with Gasteiger partial charge in [0.15, 0.2) is 0 Å². The van der Waals surface area contributed by atoms with Gasteiger partial charge in [0, 0.05) is 12.8 Å². The number of hydrogen-bond acceptors (Lipinski definition) is 5. The van der Waals surface area contributed by atoms with Gasteiger partial charge in [-0.1, -0.05) is 366 Å². The summed E-state index contributed by atoms with van der Waals surface area (Å²) in [5.41, 5.74) is 0. The maximum atomic E-state index is 12.5. The fourth-order valence-corrected chi connectivity index (χ4v) is 11.7. The zero-order chi connectivity index (χ0) is 57.8. The minimum absolute atomic E-state index is 0.0162. The first-order valence-electron chi connectivity index (χ1n) is 36.6. The molecule has 0 spiro atoms. The number of hydrogen-bond donors (Lipinski definition) is 3. The molecule has 2 unspecified atom stereocenters. The molecule has 474 valence electrons. The maximum Gasteiger partial charge on any atom is 0.305 e. The molecule has 0 aliphatic carbocycles. The molecule has 0 bridgehead atoms. The van der Waals surface area contributed by atoms with Crippen LogP contribution in [-0.4, -0.2) is 47.4 Å². The first kappa shape index (κ1) is 78.3. The molecule has 1 amide bonds. The molecule has 6 heteroatoms. The lowest BCUT2D eigenvalue weighted by atomic mass is 10.0. The van der Waals surface area contributed by atoms with Crippen LogP contribution >= 0.6 is 0 Å². The second kappa shape index (κ2) is 69.8. The second-order valence-corrected chi connectivity index (χ2v) is 25.3. The quantitative estimate of drug-likeness (QED) is 0.0320. The summed E-state index contributed by atoms with van der Waals surface area (Å²) in [4.78, 5) is 24.6. The van der Waals surface area contributed by atoms with Crippen LogP contribution in [-0.2, 0) is 14.3 Å². The van der Waals surface area contributed by atoms with Crippen molar-refractivity contribution in [1.29, 1.82) is 0 Å². The van der Waals surface area contributed by atoms with Crippen molar-refractivity contribution in [1.82, 2.24) is 5.32 Å². The minimum Gasteiger partial charge on any atom is -0.466 e. The molecule has 0 aromatic heterocycles. The molecule has 0 aliphatic heterocycles. The Labute approximate surface area is 501 Å². The summed E-state index contributed by atoms with van der Waals surface area (Å²) in [6.45, 7) is 4.99. The fraction of sp³-hybridized carbons (Fsp3) is 0.919. The number of aliphatic hydroxyl groups is 2. The lowest BCUT2D eigenvalue weighted by Crippen LogP contribution is -2.45. The molecule has 0 aromatic carbocycles. The molecule has 0 saturated carbocycles. The summed E-state index contributed by atoms with van der Waals surface area (Å²) in [5, 5.41) is 23.4. The number of ether oxygens (including phenoxy) is 1. The van der Waals surface area contributed by atoms with Crippen molar-refractivity contribution in [2.75, 3.05) is 13.2 Å². The van der Waals surface area contributed by atoms with Crippen LogP contribution in [0.25, 0.3) is 0 Å². The van der Waals surface area contributed by atoms with E-state index in [1.54, 1.807) is 0 Å². The monoisotopic (exact) mass is 1130 g/mol. The Hall–Kier alpha value is -1.66. The number of carbonyl (C=O) groups excluding carboxylic acids is 2. The van der Waals surface area contributed by atoms with Gasteiger partial charge in [0.05, 0.1) is 25.4 Å². The molecular weight excluding hydrogens is 983 g/mol. The number of esters is 1. The highest BCUT2D eigenvalue weighted by Crippen LogP contribution is 2.19. The van der Waals surface area contributed by atoms with Crippen molar-refractivity contribution in [2.24, 2.45) is 0 Å². The number of unbranched alkanes of at least 4 members (excludes halogenated alkanes) is 54. The third-order valence-electron chi connectivity index (χ3n) is 17.3. The predicted octanol–water partition coefficient (Wildman–Crippen LogP) is 23.7. The molecule has 0 aliphatic rings. The van der Waals surface area contributed by atoms with Gasteiger partial charge in [-0.2, -0.15) is 0 Å². The molecule has 3 N–H and O–H groups in total. The van der Waals surface area contributed by atoms with Crippen molar-refractivity contribution in [2.45, 2.75) is 424 Å². The van der Waals surface area contributed by atoms with E-state index in [0.29, 0.717) is 25.9 Å². The Bertz CT molecular complexity index is 1250.